The first-order valence-electron chi connectivity index (χ1n) is 5.68. The van der Waals surface area contributed by atoms with Gasteiger partial charge in [0.25, 0.3) is 0 Å². The van der Waals surface area contributed by atoms with Gasteiger partial charge in [0.2, 0.25) is 0 Å². The predicted octanol–water partition coefficient (Wildman–Crippen LogP) is 2.12. The molecule has 0 bridgehead atoms. The van der Waals surface area contributed by atoms with Crippen LogP contribution in [0.3, 0.4) is 0 Å². The summed E-state index contributed by atoms with van der Waals surface area (Å²) in [6.07, 6.45) is 3.77. The number of aromatic nitrogens is 2. The molecule has 1 aromatic heterocycles. The molecule has 1 N–H and O–H groups in total. The van der Waals surface area contributed by atoms with Crippen LogP contribution in [0.2, 0.25) is 0 Å². The van der Waals surface area contributed by atoms with Gasteiger partial charge >= 0.3 is 0 Å². The molecule has 0 spiro atoms. The van der Waals surface area contributed by atoms with Gasteiger partial charge in [0.1, 0.15) is 11.6 Å². The van der Waals surface area contributed by atoms with Crippen molar-refractivity contribution in [2.24, 2.45) is 0 Å². The Labute approximate surface area is 100 Å². The van der Waals surface area contributed by atoms with E-state index in [0.29, 0.717) is 0 Å². The van der Waals surface area contributed by atoms with Crippen LogP contribution in [-0.2, 0) is 13.1 Å². The summed E-state index contributed by atoms with van der Waals surface area (Å²) in [5, 5.41) is 3.32. The summed E-state index contributed by atoms with van der Waals surface area (Å²) >= 11 is 0. The Kier molecular flexibility index (Phi) is 3.88. The summed E-state index contributed by atoms with van der Waals surface area (Å²) in [7, 11) is 0. The normalized spacial score (nSPS) is 10.7. The van der Waals surface area contributed by atoms with Gasteiger partial charge in [0.15, 0.2) is 0 Å². The van der Waals surface area contributed by atoms with E-state index in [9.17, 15) is 4.39 Å². The summed E-state index contributed by atoms with van der Waals surface area (Å²) in [6, 6.07) is 6.56. The fourth-order valence-electron chi connectivity index (χ4n) is 1.67. The second kappa shape index (κ2) is 5.59. The topological polar surface area (TPSA) is 29.9 Å². The van der Waals surface area contributed by atoms with Crippen LogP contribution in [-0.4, -0.2) is 16.1 Å². The van der Waals surface area contributed by atoms with Crippen molar-refractivity contribution in [3.63, 3.8) is 0 Å². The lowest BCUT2D eigenvalue weighted by molar-refractivity contribution is 0.586. The van der Waals surface area contributed by atoms with Crippen molar-refractivity contribution >= 4 is 0 Å². The Morgan fingerprint density at radius 1 is 1.29 bits per heavy atom. The highest BCUT2D eigenvalue weighted by molar-refractivity contribution is 5.15. The first-order chi connectivity index (χ1) is 8.25. The Bertz CT molecular complexity index is 462. The van der Waals surface area contributed by atoms with Crippen molar-refractivity contribution in [1.29, 1.82) is 0 Å². The number of benzene rings is 1. The SMILES string of the molecule is Cc1nccn1CCNCc1ccc(F)cc1. The number of nitrogens with one attached hydrogen (secondary N) is 1. The summed E-state index contributed by atoms with van der Waals surface area (Å²) < 4.78 is 14.8. The van der Waals surface area contributed by atoms with Gasteiger partial charge in [0.05, 0.1) is 0 Å². The van der Waals surface area contributed by atoms with Gasteiger partial charge in [0, 0.05) is 32.0 Å². The van der Waals surface area contributed by atoms with Gasteiger partial charge in [-0.25, -0.2) is 9.37 Å². The molecule has 0 amide bonds. The summed E-state index contributed by atoms with van der Waals surface area (Å²) in [5.41, 5.74) is 1.09. The van der Waals surface area contributed by atoms with Crippen LogP contribution < -0.4 is 5.32 Å². The Morgan fingerprint density at radius 3 is 2.71 bits per heavy atom. The van der Waals surface area contributed by atoms with E-state index in [1.54, 1.807) is 18.3 Å². The van der Waals surface area contributed by atoms with Gasteiger partial charge in [-0.3, -0.25) is 0 Å². The molecule has 4 heteroatoms. The maximum atomic E-state index is 12.7. The second-order valence-corrected chi connectivity index (χ2v) is 3.97. The average molecular weight is 233 g/mol. The number of imidazole rings is 1. The minimum Gasteiger partial charge on any atom is -0.334 e. The van der Waals surface area contributed by atoms with Crippen molar-refractivity contribution in [3.8, 4) is 0 Å². The minimum absolute atomic E-state index is 0.192. The van der Waals surface area contributed by atoms with E-state index < -0.39 is 0 Å². The van der Waals surface area contributed by atoms with Gasteiger partial charge in [-0.2, -0.15) is 0 Å². The first kappa shape index (κ1) is 11.8. The molecular formula is C13H16FN3. The van der Waals surface area contributed by atoms with Crippen molar-refractivity contribution in [3.05, 3.63) is 53.9 Å². The number of nitrogens with zero attached hydrogens (tertiary/aromatic N) is 2. The first-order valence-corrected chi connectivity index (χ1v) is 5.68. The molecule has 2 aromatic rings. The van der Waals surface area contributed by atoms with Crippen molar-refractivity contribution in [2.45, 2.75) is 20.0 Å². The number of aryl methyl sites for hydroxylation is 1. The highest BCUT2D eigenvalue weighted by Gasteiger charge is 1.96. The quantitative estimate of drug-likeness (QED) is 0.802. The van der Waals surface area contributed by atoms with Gasteiger partial charge in [-0.1, -0.05) is 12.1 Å². The molecule has 1 aromatic carbocycles. The molecule has 0 saturated heterocycles. The molecule has 90 valence electrons. The molecule has 2 rings (SSSR count). The van der Waals surface area contributed by atoms with Crippen LogP contribution in [0.1, 0.15) is 11.4 Å². The molecule has 17 heavy (non-hydrogen) atoms. The van der Waals surface area contributed by atoms with Gasteiger partial charge < -0.3 is 9.88 Å². The molecule has 1 heterocycles. The Hall–Kier alpha value is -1.68. The number of hydrogen-bond donors (Lipinski definition) is 1. The third-order valence-corrected chi connectivity index (χ3v) is 2.70. The van der Waals surface area contributed by atoms with E-state index in [1.165, 1.54) is 12.1 Å². The van der Waals surface area contributed by atoms with Crippen molar-refractivity contribution < 1.29 is 4.39 Å². The lowest BCUT2D eigenvalue weighted by atomic mass is 10.2. The van der Waals surface area contributed by atoms with Gasteiger partial charge in [-0.15, -0.1) is 0 Å². The largest absolute Gasteiger partial charge is 0.334 e. The van der Waals surface area contributed by atoms with E-state index in [-0.39, 0.29) is 5.82 Å². The number of rotatable bonds is 5. The maximum absolute atomic E-state index is 12.7. The highest BCUT2D eigenvalue weighted by atomic mass is 19.1. The third kappa shape index (κ3) is 3.39. The molecular weight excluding hydrogens is 217 g/mol. The van der Waals surface area contributed by atoms with E-state index in [1.807, 2.05) is 13.1 Å². The van der Waals surface area contributed by atoms with E-state index in [2.05, 4.69) is 14.9 Å². The zero-order valence-corrected chi connectivity index (χ0v) is 9.86. The summed E-state index contributed by atoms with van der Waals surface area (Å²) in [4.78, 5) is 4.16. The standard InChI is InChI=1S/C13H16FN3/c1-11-16-7-9-17(11)8-6-15-10-12-2-4-13(14)5-3-12/h2-5,7,9,15H,6,8,10H2,1H3. The van der Waals surface area contributed by atoms with E-state index >= 15 is 0 Å². The molecule has 3 nitrogen and oxygen atoms in total. The average Bonchev–Trinajstić information content (AvgIpc) is 2.73. The zero-order valence-electron chi connectivity index (χ0n) is 9.86. The van der Waals surface area contributed by atoms with Crippen LogP contribution in [0.25, 0.3) is 0 Å². The fourth-order valence-corrected chi connectivity index (χ4v) is 1.67. The fraction of sp³-hybridized carbons (Fsp3) is 0.308. The highest BCUT2D eigenvalue weighted by Crippen LogP contribution is 2.02. The number of hydrogen-bond acceptors (Lipinski definition) is 2. The van der Waals surface area contributed by atoms with Crippen LogP contribution in [0, 0.1) is 12.7 Å². The summed E-state index contributed by atoms with van der Waals surface area (Å²) in [5.74, 6) is 0.830. The van der Waals surface area contributed by atoms with E-state index in [4.69, 9.17) is 0 Å². The van der Waals surface area contributed by atoms with Crippen LogP contribution >= 0.6 is 0 Å². The number of halogens is 1. The van der Waals surface area contributed by atoms with Crippen molar-refractivity contribution in [1.82, 2.24) is 14.9 Å². The van der Waals surface area contributed by atoms with Gasteiger partial charge in [-0.05, 0) is 24.6 Å². The predicted molar refractivity (Wildman–Crippen MR) is 65.1 cm³/mol. The Morgan fingerprint density at radius 2 is 2.06 bits per heavy atom. The lowest BCUT2D eigenvalue weighted by Crippen LogP contribution is -2.19. The maximum Gasteiger partial charge on any atom is 0.123 e. The smallest absolute Gasteiger partial charge is 0.123 e. The lowest BCUT2D eigenvalue weighted by Gasteiger charge is -2.07. The monoisotopic (exact) mass is 233 g/mol. The summed E-state index contributed by atoms with van der Waals surface area (Å²) in [6.45, 7) is 4.51. The third-order valence-electron chi connectivity index (χ3n) is 2.70. The molecule has 0 atom stereocenters. The second-order valence-electron chi connectivity index (χ2n) is 3.97. The Balaban J connectivity index is 1.73. The molecule has 0 saturated carbocycles. The van der Waals surface area contributed by atoms with Crippen LogP contribution in [0.15, 0.2) is 36.7 Å². The van der Waals surface area contributed by atoms with E-state index in [0.717, 1.165) is 31.0 Å². The minimum atomic E-state index is -0.192. The molecule has 0 aliphatic heterocycles. The van der Waals surface area contributed by atoms with Crippen LogP contribution in [0.5, 0.6) is 0 Å². The molecule has 0 fully saturated rings. The molecule has 0 aliphatic carbocycles. The molecule has 0 aliphatic rings. The van der Waals surface area contributed by atoms with Crippen molar-refractivity contribution in [2.75, 3.05) is 6.54 Å². The molecule has 0 radical (unpaired) electrons. The zero-order chi connectivity index (χ0) is 12.1. The van der Waals surface area contributed by atoms with Crippen LogP contribution in [0.4, 0.5) is 4.39 Å². The molecule has 0 unspecified atom stereocenters.